The van der Waals surface area contributed by atoms with Crippen molar-refractivity contribution >= 4 is 51.5 Å². The first-order valence-electron chi connectivity index (χ1n) is 11.8. The Kier molecular flexibility index (Phi) is 6.47. The number of pyridine rings is 1. The van der Waals surface area contributed by atoms with E-state index in [4.69, 9.17) is 9.72 Å². The molecule has 0 radical (unpaired) electrons. The number of anilines is 1. The molecule has 2 heterocycles. The zero-order valence-electron chi connectivity index (χ0n) is 19.7. The van der Waals surface area contributed by atoms with E-state index in [-0.39, 0.29) is 5.91 Å². The highest BCUT2D eigenvalue weighted by molar-refractivity contribution is 7.10. The molecule has 176 valence electrons. The molecule has 2 aromatic carbocycles. The maximum atomic E-state index is 13.4. The highest BCUT2D eigenvalue weighted by Gasteiger charge is 2.29. The lowest BCUT2D eigenvalue weighted by atomic mass is 10.0. The van der Waals surface area contributed by atoms with Gasteiger partial charge in [-0.2, -0.15) is 0 Å². The van der Waals surface area contributed by atoms with Crippen LogP contribution in [0.4, 0.5) is 5.69 Å². The summed E-state index contributed by atoms with van der Waals surface area (Å²) in [5.74, 6) is -0.864. The molecular weight excluding hydrogens is 456 g/mol. The molecular formula is C29H26N2O3S. The second-order valence-electron chi connectivity index (χ2n) is 8.60. The van der Waals surface area contributed by atoms with Gasteiger partial charge < -0.3 is 10.1 Å². The van der Waals surface area contributed by atoms with Crippen molar-refractivity contribution in [2.75, 3.05) is 5.32 Å². The van der Waals surface area contributed by atoms with Crippen molar-refractivity contribution in [1.29, 1.82) is 0 Å². The Morgan fingerprint density at radius 1 is 1.09 bits per heavy atom. The highest BCUT2D eigenvalue weighted by Crippen LogP contribution is 2.38. The highest BCUT2D eigenvalue weighted by atomic mass is 32.1. The molecule has 1 aliphatic rings. The van der Waals surface area contributed by atoms with Crippen LogP contribution in [0.3, 0.4) is 0 Å². The minimum atomic E-state index is -0.946. The van der Waals surface area contributed by atoms with Crippen molar-refractivity contribution in [3.05, 3.63) is 93.3 Å². The molecule has 0 saturated heterocycles. The predicted octanol–water partition coefficient (Wildman–Crippen LogP) is 6.53. The molecule has 6 heteroatoms. The Labute approximate surface area is 208 Å². The van der Waals surface area contributed by atoms with Crippen LogP contribution in [0.1, 0.15) is 52.3 Å². The van der Waals surface area contributed by atoms with Gasteiger partial charge in [-0.1, -0.05) is 43.3 Å². The van der Waals surface area contributed by atoms with Crippen LogP contribution in [0.2, 0.25) is 0 Å². The largest absolute Gasteiger partial charge is 0.449 e. The molecule has 0 saturated carbocycles. The summed E-state index contributed by atoms with van der Waals surface area (Å²) in [6.07, 6.45) is 3.64. The summed E-state index contributed by atoms with van der Waals surface area (Å²) < 4.78 is 5.69. The summed E-state index contributed by atoms with van der Waals surface area (Å²) in [6.45, 7) is 3.68. The van der Waals surface area contributed by atoms with Gasteiger partial charge in [-0.15, -0.1) is 11.3 Å². The van der Waals surface area contributed by atoms with Crippen molar-refractivity contribution in [2.24, 2.45) is 0 Å². The second kappa shape index (κ2) is 9.84. The number of nitrogens with one attached hydrogen (secondary N) is 1. The lowest BCUT2D eigenvalue weighted by Crippen LogP contribution is -2.30. The number of aromatic nitrogens is 1. The fourth-order valence-electron chi connectivity index (χ4n) is 4.40. The van der Waals surface area contributed by atoms with Crippen LogP contribution < -0.4 is 5.32 Å². The number of hydrogen-bond donors (Lipinski definition) is 1. The fraction of sp³-hybridized carbons (Fsp3) is 0.207. The van der Waals surface area contributed by atoms with Gasteiger partial charge in [-0.25, -0.2) is 9.78 Å². The van der Waals surface area contributed by atoms with E-state index in [1.165, 1.54) is 5.56 Å². The maximum Gasteiger partial charge on any atom is 0.339 e. The zero-order chi connectivity index (χ0) is 24.4. The van der Waals surface area contributed by atoms with Crippen molar-refractivity contribution in [3.63, 3.8) is 0 Å². The monoisotopic (exact) mass is 482 g/mol. The summed E-state index contributed by atoms with van der Waals surface area (Å²) in [4.78, 5) is 32.2. The van der Waals surface area contributed by atoms with E-state index >= 15 is 0 Å². The van der Waals surface area contributed by atoms with E-state index in [9.17, 15) is 9.59 Å². The molecule has 0 spiro atoms. The molecule has 0 unspecified atom stereocenters. The van der Waals surface area contributed by atoms with Crippen LogP contribution in [0.15, 0.2) is 66.0 Å². The second-order valence-corrected chi connectivity index (χ2v) is 9.58. The van der Waals surface area contributed by atoms with Gasteiger partial charge >= 0.3 is 5.97 Å². The summed E-state index contributed by atoms with van der Waals surface area (Å²) in [7, 11) is 0. The molecule has 1 amide bonds. The minimum absolute atomic E-state index is 0.365. The Hall–Kier alpha value is -3.77. The number of para-hydroxylation sites is 1. The first-order chi connectivity index (χ1) is 17.0. The van der Waals surface area contributed by atoms with Gasteiger partial charge in [0.15, 0.2) is 6.10 Å². The average Bonchev–Trinajstić information content (AvgIpc) is 3.53. The molecule has 5 rings (SSSR count). The number of thiophene rings is 1. The number of carbonyl (C=O) groups is 2. The number of amides is 1. The number of aryl methyl sites for hydroxylation is 1. The van der Waals surface area contributed by atoms with Gasteiger partial charge in [0.1, 0.15) is 0 Å². The van der Waals surface area contributed by atoms with E-state index in [0.717, 1.165) is 45.5 Å². The lowest BCUT2D eigenvalue weighted by Gasteiger charge is -2.16. The number of benzene rings is 2. The number of rotatable bonds is 6. The topological polar surface area (TPSA) is 68.3 Å². The smallest absolute Gasteiger partial charge is 0.339 e. The minimum Gasteiger partial charge on any atom is -0.449 e. The van der Waals surface area contributed by atoms with E-state index < -0.39 is 12.1 Å². The zero-order valence-corrected chi connectivity index (χ0v) is 20.5. The first-order valence-corrected chi connectivity index (χ1v) is 12.7. The molecule has 1 N–H and O–H groups in total. The van der Waals surface area contributed by atoms with Crippen LogP contribution in [0.25, 0.3) is 22.6 Å². The molecule has 35 heavy (non-hydrogen) atoms. The molecule has 0 aliphatic heterocycles. The Balaban J connectivity index is 1.43. The van der Waals surface area contributed by atoms with Gasteiger partial charge in [0.2, 0.25) is 0 Å². The lowest BCUT2D eigenvalue weighted by molar-refractivity contribution is -0.123. The van der Waals surface area contributed by atoms with Crippen molar-refractivity contribution in [3.8, 4) is 0 Å². The Morgan fingerprint density at radius 3 is 2.63 bits per heavy atom. The van der Waals surface area contributed by atoms with Gasteiger partial charge in [0.05, 0.1) is 16.8 Å². The molecule has 4 aromatic rings. The van der Waals surface area contributed by atoms with Crippen LogP contribution >= 0.6 is 11.3 Å². The molecule has 2 aromatic heterocycles. The normalized spacial score (nSPS) is 14.6. The molecule has 0 bridgehead atoms. The van der Waals surface area contributed by atoms with Crippen LogP contribution in [-0.2, 0) is 22.4 Å². The number of allylic oxidation sites excluding steroid dienone is 1. The Morgan fingerprint density at radius 2 is 1.89 bits per heavy atom. The third-order valence-corrected chi connectivity index (χ3v) is 7.11. The number of nitrogens with zero attached hydrogens (tertiary/aromatic N) is 1. The van der Waals surface area contributed by atoms with Gasteiger partial charge in [0, 0.05) is 16.0 Å². The Bertz CT molecular complexity index is 1420. The number of esters is 1. The number of carbonyl (C=O) groups excluding carboxylic acids is 2. The summed E-state index contributed by atoms with van der Waals surface area (Å²) >= 11 is 1.67. The quantitative estimate of drug-likeness (QED) is 0.317. The van der Waals surface area contributed by atoms with Crippen molar-refractivity contribution in [1.82, 2.24) is 4.98 Å². The summed E-state index contributed by atoms with van der Waals surface area (Å²) in [5, 5.41) is 5.63. The summed E-state index contributed by atoms with van der Waals surface area (Å²) in [6, 6.07) is 19.3. The number of ether oxygens (including phenoxy) is 1. The van der Waals surface area contributed by atoms with E-state index in [1.807, 2.05) is 60.0 Å². The molecule has 1 aliphatic carbocycles. The van der Waals surface area contributed by atoms with E-state index in [2.05, 4.69) is 24.4 Å². The van der Waals surface area contributed by atoms with E-state index in [1.54, 1.807) is 18.3 Å². The van der Waals surface area contributed by atoms with Crippen molar-refractivity contribution < 1.29 is 14.3 Å². The van der Waals surface area contributed by atoms with Crippen LogP contribution in [0, 0.1) is 0 Å². The first kappa shape index (κ1) is 23.0. The van der Waals surface area contributed by atoms with Crippen molar-refractivity contribution in [2.45, 2.75) is 39.2 Å². The van der Waals surface area contributed by atoms with E-state index in [0.29, 0.717) is 17.7 Å². The fourth-order valence-corrected chi connectivity index (χ4v) is 5.08. The van der Waals surface area contributed by atoms with Crippen LogP contribution in [0.5, 0.6) is 0 Å². The third kappa shape index (κ3) is 4.75. The molecule has 1 atom stereocenters. The third-order valence-electron chi connectivity index (χ3n) is 6.29. The predicted molar refractivity (Wildman–Crippen MR) is 142 cm³/mol. The average molecular weight is 483 g/mol. The standard InChI is InChI=1S/C29H26N2O3S/c1-3-19-10-13-21(14-11-19)30-28(32)18(2)34-29(33)26-23-8-4-5-9-25(23)31-27-20(12-15-24(26)27)17-22-7-6-16-35-22/h4-11,13-14,16-18H,3,12,15H2,1-2H3,(H,30,32)/b20-17-/t18-/m1/s1. The maximum absolute atomic E-state index is 13.4. The molecule has 5 nitrogen and oxygen atoms in total. The molecule has 0 fully saturated rings. The summed E-state index contributed by atoms with van der Waals surface area (Å²) in [5.41, 5.74) is 5.96. The number of hydrogen-bond acceptors (Lipinski definition) is 5. The van der Waals surface area contributed by atoms with Crippen LogP contribution in [-0.4, -0.2) is 23.0 Å². The SMILES string of the molecule is CCc1ccc(NC(=O)[C@@H](C)OC(=O)c2c3c(nc4ccccc24)/C(=C\c2cccs2)CC3)cc1. The van der Waals surface area contributed by atoms with Gasteiger partial charge in [0.25, 0.3) is 5.91 Å². The van der Waals surface area contributed by atoms with Gasteiger partial charge in [-0.3, -0.25) is 4.79 Å². The number of fused-ring (bicyclic) bond motifs is 2. The van der Waals surface area contributed by atoms with Gasteiger partial charge in [-0.05, 0) is 78.6 Å².